The Hall–Kier alpha value is -2.68. The number of unbranched alkanes of at least 4 members (excludes halogenated alkanes) is 3. The Bertz CT molecular complexity index is 1020. The van der Waals surface area contributed by atoms with Crippen LogP contribution in [0, 0.1) is 0 Å². The first-order chi connectivity index (χ1) is 17.0. The topological polar surface area (TPSA) is 87.5 Å². The fraction of sp³-hybridized carbons (Fsp3) is 0.577. The lowest BCUT2D eigenvalue weighted by Gasteiger charge is -2.28. The highest BCUT2D eigenvalue weighted by atomic mass is 32.2. The molecule has 0 saturated heterocycles. The molecule has 1 unspecified atom stereocenters. The molecule has 2 aromatic rings. The van der Waals surface area contributed by atoms with Crippen molar-refractivity contribution >= 4 is 23.7 Å². The number of nitrogens with zero attached hydrogens (tertiary/aromatic N) is 3. The molecular formula is C26H38N4O4S. The predicted molar refractivity (Wildman–Crippen MR) is 139 cm³/mol. The van der Waals surface area contributed by atoms with E-state index in [0.717, 1.165) is 49.8 Å². The molecule has 192 valence electrons. The van der Waals surface area contributed by atoms with E-state index >= 15 is 0 Å². The number of nitrogens with one attached hydrogen (secondary N) is 1. The van der Waals surface area contributed by atoms with Crippen molar-refractivity contribution in [2.24, 2.45) is 0 Å². The van der Waals surface area contributed by atoms with Crippen LogP contribution < -0.4 is 14.8 Å². The SMILES string of the molecule is CCCCOC(=O)C1=C(C)Nc2nc(SCCCC)nn2C1c1ccc(OCCCC)c(OC)c1. The molecule has 0 radical (unpaired) electrons. The maximum absolute atomic E-state index is 13.2. The van der Waals surface area contributed by atoms with Crippen molar-refractivity contribution in [1.82, 2.24) is 14.8 Å². The smallest absolute Gasteiger partial charge is 0.338 e. The van der Waals surface area contributed by atoms with Crippen molar-refractivity contribution in [3.05, 3.63) is 35.0 Å². The summed E-state index contributed by atoms with van der Waals surface area (Å²) in [6.45, 7) is 9.25. The quantitative estimate of drug-likeness (QED) is 0.191. The standard InChI is InChI=1S/C26H38N4O4S/c1-6-9-14-33-20-13-12-19(17-21(20)32-5)23-22(24(31)34-15-10-7-2)18(4)27-25-28-26(29-30(23)25)35-16-11-8-3/h12-13,17,23H,6-11,14-16H2,1-5H3,(H,27,28,29). The van der Waals surface area contributed by atoms with Crippen molar-refractivity contribution < 1.29 is 19.0 Å². The van der Waals surface area contributed by atoms with Gasteiger partial charge in [-0.1, -0.05) is 57.9 Å². The van der Waals surface area contributed by atoms with Gasteiger partial charge in [-0.2, -0.15) is 4.98 Å². The number of allylic oxidation sites excluding steroid dienone is 1. The number of rotatable bonds is 14. The molecule has 1 aliphatic rings. The van der Waals surface area contributed by atoms with Gasteiger partial charge in [-0.15, -0.1) is 5.10 Å². The molecule has 0 amide bonds. The minimum Gasteiger partial charge on any atom is -0.493 e. The van der Waals surface area contributed by atoms with Crippen LogP contribution in [0.4, 0.5) is 5.95 Å². The zero-order valence-electron chi connectivity index (χ0n) is 21.6. The first-order valence-corrected chi connectivity index (χ1v) is 13.6. The summed E-state index contributed by atoms with van der Waals surface area (Å²) in [5, 5.41) is 8.73. The Labute approximate surface area is 212 Å². The third kappa shape index (κ3) is 6.72. The van der Waals surface area contributed by atoms with E-state index < -0.39 is 6.04 Å². The Kier molecular flexibility index (Phi) is 10.3. The molecule has 9 heteroatoms. The van der Waals surface area contributed by atoms with Crippen molar-refractivity contribution in [1.29, 1.82) is 0 Å². The Morgan fingerprint density at radius 2 is 1.83 bits per heavy atom. The normalized spacial score (nSPS) is 14.9. The lowest BCUT2D eigenvalue weighted by molar-refractivity contribution is -0.139. The molecule has 1 aromatic carbocycles. The second kappa shape index (κ2) is 13.4. The van der Waals surface area contributed by atoms with Crippen LogP contribution in [0.25, 0.3) is 0 Å². The van der Waals surface area contributed by atoms with Gasteiger partial charge in [0.15, 0.2) is 11.5 Å². The van der Waals surface area contributed by atoms with E-state index in [1.165, 1.54) is 0 Å². The summed E-state index contributed by atoms with van der Waals surface area (Å²) < 4.78 is 19.0. The number of esters is 1. The number of benzene rings is 1. The summed E-state index contributed by atoms with van der Waals surface area (Å²) in [7, 11) is 1.62. The number of hydrogen-bond donors (Lipinski definition) is 1. The predicted octanol–water partition coefficient (Wildman–Crippen LogP) is 5.99. The number of aromatic nitrogens is 3. The van der Waals surface area contributed by atoms with E-state index in [2.05, 4.69) is 31.1 Å². The number of carbonyl (C=O) groups is 1. The van der Waals surface area contributed by atoms with Crippen LogP contribution in [0.15, 0.2) is 34.6 Å². The fourth-order valence-corrected chi connectivity index (χ4v) is 4.67. The van der Waals surface area contributed by atoms with Gasteiger partial charge in [-0.05, 0) is 43.9 Å². The second-order valence-corrected chi connectivity index (χ2v) is 9.59. The van der Waals surface area contributed by atoms with Crippen molar-refractivity contribution in [2.45, 2.75) is 77.4 Å². The van der Waals surface area contributed by atoms with Gasteiger partial charge in [0.1, 0.15) is 6.04 Å². The van der Waals surface area contributed by atoms with Crippen LogP contribution in [-0.2, 0) is 9.53 Å². The number of anilines is 1. The summed E-state index contributed by atoms with van der Waals surface area (Å²) in [5.41, 5.74) is 2.08. The number of thioether (sulfide) groups is 1. The molecular weight excluding hydrogens is 464 g/mol. The maximum atomic E-state index is 13.2. The van der Waals surface area contributed by atoms with E-state index in [-0.39, 0.29) is 5.97 Å². The average Bonchev–Trinajstić information content (AvgIpc) is 3.25. The largest absolute Gasteiger partial charge is 0.493 e. The molecule has 1 N–H and O–H groups in total. The summed E-state index contributed by atoms with van der Waals surface area (Å²) in [6, 6.07) is 5.28. The number of hydrogen-bond acceptors (Lipinski definition) is 8. The fourth-order valence-electron chi connectivity index (χ4n) is 3.76. The van der Waals surface area contributed by atoms with Gasteiger partial charge in [0.05, 0.1) is 25.9 Å². The lowest BCUT2D eigenvalue weighted by atomic mass is 9.95. The second-order valence-electron chi connectivity index (χ2n) is 8.53. The molecule has 2 heterocycles. The minimum absolute atomic E-state index is 0.350. The summed E-state index contributed by atoms with van der Waals surface area (Å²) in [5.74, 6) is 2.50. The number of ether oxygens (including phenoxy) is 3. The first kappa shape index (κ1) is 26.9. The molecule has 35 heavy (non-hydrogen) atoms. The van der Waals surface area contributed by atoms with Crippen LogP contribution in [0.3, 0.4) is 0 Å². The van der Waals surface area contributed by atoms with E-state index in [0.29, 0.717) is 47.1 Å². The van der Waals surface area contributed by atoms with Crippen LogP contribution in [0.2, 0.25) is 0 Å². The van der Waals surface area contributed by atoms with Crippen LogP contribution in [-0.4, -0.2) is 46.8 Å². The summed E-state index contributed by atoms with van der Waals surface area (Å²) in [6.07, 6.45) is 6.00. The van der Waals surface area contributed by atoms with Crippen molar-refractivity contribution in [2.75, 3.05) is 31.4 Å². The molecule has 8 nitrogen and oxygen atoms in total. The Morgan fingerprint density at radius 3 is 2.54 bits per heavy atom. The third-order valence-electron chi connectivity index (χ3n) is 5.77. The van der Waals surface area contributed by atoms with Gasteiger partial charge in [-0.3, -0.25) is 0 Å². The molecule has 1 aliphatic heterocycles. The van der Waals surface area contributed by atoms with Gasteiger partial charge in [-0.25, -0.2) is 9.48 Å². The van der Waals surface area contributed by atoms with Gasteiger partial charge >= 0.3 is 5.97 Å². The van der Waals surface area contributed by atoms with E-state index in [9.17, 15) is 4.79 Å². The highest BCUT2D eigenvalue weighted by Crippen LogP contribution is 2.40. The molecule has 1 atom stereocenters. The first-order valence-electron chi connectivity index (χ1n) is 12.6. The van der Waals surface area contributed by atoms with E-state index in [1.54, 1.807) is 23.6 Å². The summed E-state index contributed by atoms with van der Waals surface area (Å²) in [4.78, 5) is 17.9. The summed E-state index contributed by atoms with van der Waals surface area (Å²) >= 11 is 1.62. The van der Waals surface area contributed by atoms with Crippen LogP contribution >= 0.6 is 11.8 Å². The van der Waals surface area contributed by atoms with Crippen LogP contribution in [0.1, 0.15) is 77.8 Å². The van der Waals surface area contributed by atoms with Crippen molar-refractivity contribution in [3.63, 3.8) is 0 Å². The third-order valence-corrected chi connectivity index (χ3v) is 6.70. The number of carbonyl (C=O) groups excluding carboxylic acids is 1. The molecule has 3 rings (SSSR count). The van der Waals surface area contributed by atoms with Crippen LogP contribution in [0.5, 0.6) is 11.5 Å². The highest BCUT2D eigenvalue weighted by Gasteiger charge is 2.35. The average molecular weight is 503 g/mol. The minimum atomic E-state index is -0.494. The monoisotopic (exact) mass is 502 g/mol. The zero-order valence-corrected chi connectivity index (χ0v) is 22.4. The molecule has 1 aromatic heterocycles. The van der Waals surface area contributed by atoms with Gasteiger partial charge in [0, 0.05) is 11.4 Å². The maximum Gasteiger partial charge on any atom is 0.338 e. The molecule has 0 bridgehead atoms. The molecule has 0 aliphatic carbocycles. The van der Waals surface area contributed by atoms with E-state index in [1.807, 2.05) is 25.1 Å². The number of fused-ring (bicyclic) bond motifs is 1. The zero-order chi connectivity index (χ0) is 25.2. The van der Waals surface area contributed by atoms with Gasteiger partial charge < -0.3 is 19.5 Å². The lowest BCUT2D eigenvalue weighted by Crippen LogP contribution is -2.29. The number of methoxy groups -OCH3 is 1. The molecule has 0 saturated carbocycles. The molecule has 0 spiro atoms. The highest BCUT2D eigenvalue weighted by molar-refractivity contribution is 7.99. The van der Waals surface area contributed by atoms with Gasteiger partial charge in [0.25, 0.3) is 0 Å². The Balaban J connectivity index is 2.00. The van der Waals surface area contributed by atoms with E-state index in [4.69, 9.17) is 19.3 Å². The Morgan fingerprint density at radius 1 is 1.09 bits per heavy atom. The molecule has 0 fully saturated rings. The van der Waals surface area contributed by atoms with Crippen molar-refractivity contribution in [3.8, 4) is 11.5 Å². The van der Waals surface area contributed by atoms with Gasteiger partial charge in [0.2, 0.25) is 11.1 Å².